The zero-order valence-electron chi connectivity index (χ0n) is 18.2. The Balaban J connectivity index is 1.83. The molecule has 1 aromatic heterocycles. The highest BCUT2D eigenvalue weighted by Gasteiger charge is 2.15. The van der Waals surface area contributed by atoms with Gasteiger partial charge in [-0.2, -0.15) is 0 Å². The van der Waals surface area contributed by atoms with Gasteiger partial charge in [-0.25, -0.2) is 4.98 Å². The van der Waals surface area contributed by atoms with Gasteiger partial charge in [0.1, 0.15) is 18.3 Å². The van der Waals surface area contributed by atoms with Gasteiger partial charge in [0.05, 0.1) is 28.2 Å². The molecule has 1 heterocycles. The Morgan fingerprint density at radius 1 is 1.23 bits per heavy atom. The highest BCUT2D eigenvalue weighted by atomic mass is 35.5. The topological polar surface area (TPSA) is 99.6 Å². The van der Waals surface area contributed by atoms with Crippen LogP contribution in [0.2, 0.25) is 30.7 Å². The molecular weight excluding hydrogens is 434 g/mol. The molecule has 0 atom stereocenters. The van der Waals surface area contributed by atoms with Crippen molar-refractivity contribution in [3.63, 3.8) is 0 Å². The number of ether oxygens (including phenoxy) is 2. The molecule has 0 saturated carbocycles. The van der Waals surface area contributed by atoms with E-state index in [1.54, 1.807) is 24.3 Å². The number of fused-ring (bicyclic) bond motifs is 1. The SMILES string of the molecule is Cc1nc2cc(N)c(Oc3ccc(CC(=O)O)cc3Cl)cc2n1COCC[Si](C)(C)C. The molecule has 0 spiro atoms. The fourth-order valence-corrected chi connectivity index (χ4v) is 4.10. The lowest BCUT2D eigenvalue weighted by atomic mass is 10.1. The van der Waals surface area contributed by atoms with E-state index in [1.165, 1.54) is 0 Å². The van der Waals surface area contributed by atoms with Crippen LogP contribution in [-0.2, 0) is 22.7 Å². The molecule has 0 amide bonds. The van der Waals surface area contributed by atoms with E-state index in [0.717, 1.165) is 22.9 Å². The van der Waals surface area contributed by atoms with E-state index in [0.29, 0.717) is 41.1 Å². The summed E-state index contributed by atoms with van der Waals surface area (Å²) >= 11 is 6.30. The van der Waals surface area contributed by atoms with E-state index < -0.39 is 14.0 Å². The maximum Gasteiger partial charge on any atom is 0.307 e. The van der Waals surface area contributed by atoms with Crippen molar-refractivity contribution in [3.8, 4) is 11.5 Å². The first-order valence-corrected chi connectivity index (χ1v) is 14.1. The molecule has 0 aliphatic carbocycles. The number of hydrogen-bond donors (Lipinski definition) is 2. The van der Waals surface area contributed by atoms with Gasteiger partial charge >= 0.3 is 5.97 Å². The molecule has 3 N–H and O–H groups in total. The number of benzene rings is 2. The Morgan fingerprint density at radius 3 is 2.61 bits per heavy atom. The summed E-state index contributed by atoms with van der Waals surface area (Å²) in [5.41, 5.74) is 8.83. The molecule has 3 aromatic rings. The molecule has 2 aromatic carbocycles. The molecule has 9 heteroatoms. The number of rotatable bonds is 9. The number of carbonyl (C=O) groups is 1. The van der Waals surface area contributed by atoms with Gasteiger partial charge < -0.3 is 24.9 Å². The number of carboxylic acid groups (broad SMARTS) is 1. The van der Waals surface area contributed by atoms with Crippen LogP contribution < -0.4 is 10.5 Å². The minimum absolute atomic E-state index is 0.107. The van der Waals surface area contributed by atoms with Crippen LogP contribution in [0.5, 0.6) is 11.5 Å². The van der Waals surface area contributed by atoms with Gasteiger partial charge in [0, 0.05) is 20.7 Å². The summed E-state index contributed by atoms with van der Waals surface area (Å²) in [6.45, 7) is 10.0. The number of nitrogens with two attached hydrogens (primary N) is 1. The Labute approximate surface area is 187 Å². The number of imidazole rings is 1. The van der Waals surface area contributed by atoms with Crippen molar-refractivity contribution >= 4 is 42.4 Å². The van der Waals surface area contributed by atoms with E-state index in [9.17, 15) is 4.79 Å². The molecule has 0 bridgehead atoms. The van der Waals surface area contributed by atoms with Gasteiger partial charge in [-0.05, 0) is 36.7 Å². The average molecular weight is 462 g/mol. The van der Waals surface area contributed by atoms with Crippen LogP contribution in [0.4, 0.5) is 5.69 Å². The van der Waals surface area contributed by atoms with E-state index in [1.807, 2.05) is 17.6 Å². The molecule has 0 aliphatic rings. The number of aryl methyl sites for hydroxylation is 1. The second-order valence-corrected chi connectivity index (χ2v) is 14.8. The lowest BCUT2D eigenvalue weighted by Gasteiger charge is -2.16. The number of nitrogens with zero attached hydrogens (tertiary/aromatic N) is 2. The number of anilines is 1. The summed E-state index contributed by atoms with van der Waals surface area (Å²) in [7, 11) is -1.16. The molecule has 31 heavy (non-hydrogen) atoms. The van der Waals surface area contributed by atoms with Crippen LogP contribution in [0.15, 0.2) is 30.3 Å². The van der Waals surface area contributed by atoms with Crippen molar-refractivity contribution in [1.29, 1.82) is 0 Å². The summed E-state index contributed by atoms with van der Waals surface area (Å²) in [6, 6.07) is 9.59. The Morgan fingerprint density at radius 2 is 1.97 bits per heavy atom. The Bertz CT molecular complexity index is 1110. The molecule has 7 nitrogen and oxygen atoms in total. The predicted molar refractivity (Wildman–Crippen MR) is 126 cm³/mol. The zero-order chi connectivity index (χ0) is 22.8. The summed E-state index contributed by atoms with van der Waals surface area (Å²) in [5.74, 6) is 0.755. The number of aromatic nitrogens is 2. The molecular formula is C22H28ClN3O4Si. The lowest BCUT2D eigenvalue weighted by Crippen LogP contribution is -2.22. The first-order chi connectivity index (χ1) is 14.5. The van der Waals surface area contributed by atoms with Gasteiger partial charge in [-0.1, -0.05) is 37.3 Å². The lowest BCUT2D eigenvalue weighted by molar-refractivity contribution is -0.136. The van der Waals surface area contributed by atoms with Gasteiger partial charge in [-0.15, -0.1) is 0 Å². The monoisotopic (exact) mass is 461 g/mol. The highest BCUT2D eigenvalue weighted by molar-refractivity contribution is 6.76. The molecule has 0 fully saturated rings. The van der Waals surface area contributed by atoms with Gasteiger partial charge in [0.2, 0.25) is 0 Å². The number of nitrogen functional groups attached to an aromatic ring is 1. The minimum atomic E-state index is -1.16. The molecule has 0 radical (unpaired) electrons. The van der Waals surface area contributed by atoms with Crippen molar-refractivity contribution in [2.75, 3.05) is 12.3 Å². The van der Waals surface area contributed by atoms with Gasteiger partial charge in [0.25, 0.3) is 0 Å². The smallest absolute Gasteiger partial charge is 0.307 e. The van der Waals surface area contributed by atoms with Crippen LogP contribution in [0.25, 0.3) is 11.0 Å². The van der Waals surface area contributed by atoms with Crippen LogP contribution in [0, 0.1) is 6.92 Å². The maximum absolute atomic E-state index is 10.9. The van der Waals surface area contributed by atoms with E-state index in [4.69, 9.17) is 31.9 Å². The van der Waals surface area contributed by atoms with E-state index >= 15 is 0 Å². The number of carboxylic acids is 1. The third kappa shape index (κ3) is 6.00. The van der Waals surface area contributed by atoms with Crippen molar-refractivity contribution in [1.82, 2.24) is 9.55 Å². The fraction of sp³-hybridized carbons (Fsp3) is 0.364. The highest BCUT2D eigenvalue weighted by Crippen LogP contribution is 2.36. The van der Waals surface area contributed by atoms with Crippen molar-refractivity contribution < 1.29 is 19.4 Å². The van der Waals surface area contributed by atoms with Crippen molar-refractivity contribution in [3.05, 3.63) is 46.7 Å². The first kappa shape index (κ1) is 23.1. The minimum Gasteiger partial charge on any atom is -0.481 e. The second-order valence-electron chi connectivity index (χ2n) is 8.75. The molecule has 0 unspecified atom stereocenters. The summed E-state index contributed by atoms with van der Waals surface area (Å²) in [4.78, 5) is 15.5. The first-order valence-electron chi connectivity index (χ1n) is 10.1. The standard InChI is InChI=1S/C22H28ClN3O4Si/c1-14-25-18-11-17(24)21(12-19(18)26(14)13-29-7-8-31(2,3)4)30-20-6-5-15(9-16(20)23)10-22(27)28/h5-6,9,11-12H,7-8,10,13,24H2,1-4H3,(H,27,28). The zero-order valence-corrected chi connectivity index (χ0v) is 20.0. The number of hydrogen-bond acceptors (Lipinski definition) is 5. The second kappa shape index (κ2) is 9.29. The fourth-order valence-electron chi connectivity index (χ4n) is 3.10. The summed E-state index contributed by atoms with van der Waals surface area (Å²) in [5, 5.41) is 9.25. The molecule has 0 saturated heterocycles. The van der Waals surface area contributed by atoms with Crippen LogP contribution in [-0.4, -0.2) is 35.3 Å². The largest absolute Gasteiger partial charge is 0.481 e. The van der Waals surface area contributed by atoms with Crippen LogP contribution >= 0.6 is 11.6 Å². The van der Waals surface area contributed by atoms with Crippen molar-refractivity contribution in [2.45, 2.75) is 45.8 Å². The van der Waals surface area contributed by atoms with Crippen LogP contribution in [0.1, 0.15) is 11.4 Å². The normalized spacial score (nSPS) is 11.8. The summed E-state index contributed by atoms with van der Waals surface area (Å²) < 4.78 is 13.9. The van der Waals surface area contributed by atoms with Gasteiger partial charge in [-0.3, -0.25) is 4.79 Å². The van der Waals surface area contributed by atoms with E-state index in [2.05, 4.69) is 24.6 Å². The predicted octanol–water partition coefficient (Wildman–Crippen LogP) is 5.31. The Hall–Kier alpha value is -2.55. The number of halogens is 1. The average Bonchev–Trinajstić information content (AvgIpc) is 2.94. The number of aliphatic carboxylic acids is 1. The molecule has 3 rings (SSSR count). The van der Waals surface area contributed by atoms with Crippen LogP contribution in [0.3, 0.4) is 0 Å². The van der Waals surface area contributed by atoms with E-state index in [-0.39, 0.29) is 6.42 Å². The molecule has 0 aliphatic heterocycles. The third-order valence-corrected chi connectivity index (χ3v) is 6.86. The Kier molecular flexibility index (Phi) is 6.93. The quantitative estimate of drug-likeness (QED) is 0.254. The van der Waals surface area contributed by atoms with Gasteiger partial charge in [0.15, 0.2) is 5.75 Å². The third-order valence-electron chi connectivity index (χ3n) is 4.86. The van der Waals surface area contributed by atoms with Crippen molar-refractivity contribution in [2.24, 2.45) is 0 Å². The summed E-state index contributed by atoms with van der Waals surface area (Å²) in [6.07, 6.45) is -0.107. The molecule has 166 valence electrons. The maximum atomic E-state index is 10.9.